The van der Waals surface area contributed by atoms with Gasteiger partial charge >= 0.3 is 6.18 Å². The molecule has 0 N–H and O–H groups in total. The second-order valence-corrected chi connectivity index (χ2v) is 14.0. The predicted molar refractivity (Wildman–Crippen MR) is 111 cm³/mol. The summed E-state index contributed by atoms with van der Waals surface area (Å²) in [5, 5.41) is 0. The molecule has 2 heterocycles. The summed E-state index contributed by atoms with van der Waals surface area (Å²) in [6, 6.07) is 2.75. The van der Waals surface area contributed by atoms with Gasteiger partial charge in [-0.2, -0.15) is 18.2 Å². The fourth-order valence-corrected chi connectivity index (χ4v) is 3.75. The van der Waals surface area contributed by atoms with Crippen LogP contribution < -0.4 is 4.74 Å². The van der Waals surface area contributed by atoms with Crippen LogP contribution in [0.4, 0.5) is 13.2 Å². The smallest absolute Gasteiger partial charge is 0.401 e. The van der Waals surface area contributed by atoms with E-state index in [-0.39, 0.29) is 26.4 Å². The summed E-state index contributed by atoms with van der Waals surface area (Å²) in [6.07, 6.45) is -2.93. The molecule has 30 heavy (non-hydrogen) atoms. The summed E-state index contributed by atoms with van der Waals surface area (Å²) in [4.78, 5) is 9.70. The summed E-state index contributed by atoms with van der Waals surface area (Å²) < 4.78 is 57.2. The van der Waals surface area contributed by atoms with E-state index in [0.717, 1.165) is 6.04 Å². The fourth-order valence-electron chi connectivity index (χ4n) is 2.99. The topological polar surface area (TPSA) is 61.6 Å². The summed E-state index contributed by atoms with van der Waals surface area (Å²) in [6.45, 7) is 6.94. The van der Waals surface area contributed by atoms with Gasteiger partial charge in [0, 0.05) is 40.6 Å². The normalized spacial score (nSPS) is 12.8. The molecule has 0 aliphatic heterocycles. The van der Waals surface area contributed by atoms with E-state index in [0.29, 0.717) is 29.2 Å². The molecule has 2 aromatic heterocycles. The number of rotatable bonds is 12. The second-order valence-electron chi connectivity index (χ2n) is 8.35. The second kappa shape index (κ2) is 10.6. The van der Waals surface area contributed by atoms with Crippen molar-refractivity contribution in [1.29, 1.82) is 0 Å². The molecule has 0 spiro atoms. The van der Waals surface area contributed by atoms with Gasteiger partial charge in [0.15, 0.2) is 0 Å². The lowest BCUT2D eigenvalue weighted by molar-refractivity contribution is -0.148. The Bertz CT molecular complexity index is 809. The Labute approximate surface area is 176 Å². The number of hydrogen-bond donors (Lipinski definition) is 0. The van der Waals surface area contributed by atoms with E-state index >= 15 is 0 Å². The van der Waals surface area contributed by atoms with Gasteiger partial charge in [-0.05, 0) is 12.1 Å². The summed E-state index contributed by atoms with van der Waals surface area (Å²) in [7, 11) is 1.70. The molecule has 0 bridgehead atoms. The average Bonchev–Trinajstić information content (AvgIpc) is 2.98. The van der Waals surface area contributed by atoms with Crippen LogP contribution in [0.2, 0.25) is 25.7 Å². The van der Waals surface area contributed by atoms with Crippen LogP contribution >= 0.6 is 0 Å². The van der Waals surface area contributed by atoms with E-state index in [9.17, 15) is 13.2 Å². The molecule has 0 fully saturated rings. The fraction of sp³-hybridized carbons (Fsp3) is 0.684. The highest BCUT2D eigenvalue weighted by Gasteiger charge is 2.31. The Balaban J connectivity index is 2.31. The lowest BCUT2D eigenvalue weighted by Gasteiger charge is -2.24. The third-order valence-corrected chi connectivity index (χ3v) is 6.25. The van der Waals surface area contributed by atoms with Crippen molar-refractivity contribution in [1.82, 2.24) is 19.4 Å². The SMILES string of the molecule is COCCN(Cc1cc2ncnc(OC)c2n1COCC[Si](C)(C)C)CC(F)(F)F. The van der Waals surface area contributed by atoms with Gasteiger partial charge in [-0.15, -0.1) is 0 Å². The lowest BCUT2D eigenvalue weighted by atomic mass is 10.3. The molecule has 0 amide bonds. The average molecular weight is 449 g/mol. The number of aromatic nitrogens is 3. The third kappa shape index (κ3) is 7.53. The minimum Gasteiger partial charge on any atom is -0.479 e. The molecule has 0 aliphatic rings. The van der Waals surface area contributed by atoms with Crippen LogP contribution in [0.1, 0.15) is 5.69 Å². The minimum atomic E-state index is -4.31. The van der Waals surface area contributed by atoms with E-state index in [1.165, 1.54) is 25.4 Å². The number of methoxy groups -OCH3 is 2. The van der Waals surface area contributed by atoms with Gasteiger partial charge in [-0.25, -0.2) is 4.98 Å². The van der Waals surface area contributed by atoms with Crippen molar-refractivity contribution in [2.75, 3.05) is 40.5 Å². The molecule has 0 aromatic carbocycles. The molecule has 0 radical (unpaired) electrons. The molecule has 7 nitrogen and oxygen atoms in total. The number of hydrogen-bond acceptors (Lipinski definition) is 6. The van der Waals surface area contributed by atoms with Crippen molar-refractivity contribution >= 4 is 19.1 Å². The molecule has 2 rings (SSSR count). The van der Waals surface area contributed by atoms with Crippen molar-refractivity contribution in [3.8, 4) is 5.88 Å². The molecule has 0 atom stereocenters. The molecular formula is C19H31F3N4O3Si. The van der Waals surface area contributed by atoms with Crippen molar-refractivity contribution in [3.05, 3.63) is 18.1 Å². The van der Waals surface area contributed by atoms with Gasteiger partial charge in [0.1, 0.15) is 18.6 Å². The Hall–Kier alpha value is -1.69. The molecule has 11 heteroatoms. The zero-order valence-corrected chi connectivity index (χ0v) is 19.3. The van der Waals surface area contributed by atoms with Gasteiger partial charge < -0.3 is 18.8 Å². The van der Waals surface area contributed by atoms with Crippen molar-refractivity contribution < 1.29 is 27.4 Å². The third-order valence-electron chi connectivity index (χ3n) is 4.55. The number of alkyl halides is 3. The summed E-state index contributed by atoms with van der Waals surface area (Å²) >= 11 is 0. The van der Waals surface area contributed by atoms with Gasteiger partial charge in [0.25, 0.3) is 0 Å². The quantitative estimate of drug-likeness (QED) is 0.364. The van der Waals surface area contributed by atoms with Crippen LogP contribution in [0.25, 0.3) is 11.0 Å². The van der Waals surface area contributed by atoms with E-state index in [4.69, 9.17) is 14.2 Å². The van der Waals surface area contributed by atoms with Gasteiger partial charge in [-0.1, -0.05) is 19.6 Å². The first-order chi connectivity index (χ1) is 14.0. The number of nitrogens with zero attached hydrogens (tertiary/aromatic N) is 4. The Morgan fingerprint density at radius 1 is 1.13 bits per heavy atom. The van der Waals surface area contributed by atoms with Crippen LogP contribution in [-0.4, -0.2) is 74.2 Å². The largest absolute Gasteiger partial charge is 0.479 e. The Morgan fingerprint density at radius 3 is 2.47 bits per heavy atom. The van der Waals surface area contributed by atoms with Crippen molar-refractivity contribution in [2.45, 2.75) is 45.1 Å². The van der Waals surface area contributed by atoms with Gasteiger partial charge in [-0.3, -0.25) is 4.90 Å². The predicted octanol–water partition coefficient (Wildman–Crippen LogP) is 3.76. The maximum absolute atomic E-state index is 13.1. The molecule has 0 saturated carbocycles. The number of halogens is 3. The number of fused-ring (bicyclic) bond motifs is 1. The van der Waals surface area contributed by atoms with Crippen LogP contribution in [0.5, 0.6) is 5.88 Å². The number of ether oxygens (including phenoxy) is 3. The van der Waals surface area contributed by atoms with E-state index in [1.54, 1.807) is 10.6 Å². The first-order valence-electron chi connectivity index (χ1n) is 9.77. The van der Waals surface area contributed by atoms with E-state index < -0.39 is 20.8 Å². The Morgan fingerprint density at radius 2 is 1.87 bits per heavy atom. The molecule has 0 unspecified atom stereocenters. The Kier molecular flexibility index (Phi) is 8.65. The van der Waals surface area contributed by atoms with Crippen LogP contribution in [0, 0.1) is 0 Å². The first kappa shape index (κ1) is 24.6. The molecule has 170 valence electrons. The standard InChI is InChI=1S/C19H31F3N4O3Si/c1-27-7-6-25(12-19(20,21)22)11-15-10-16-17(18(28-2)24-13-23-16)26(15)14-29-8-9-30(3,4)5/h10,13H,6-9,11-12,14H2,1-5H3. The maximum Gasteiger partial charge on any atom is 0.401 e. The van der Waals surface area contributed by atoms with Crippen LogP contribution in [0.15, 0.2) is 12.4 Å². The molecular weight excluding hydrogens is 417 g/mol. The zero-order chi connectivity index (χ0) is 22.4. The highest BCUT2D eigenvalue weighted by molar-refractivity contribution is 6.76. The van der Waals surface area contributed by atoms with E-state index in [1.807, 2.05) is 0 Å². The monoisotopic (exact) mass is 448 g/mol. The van der Waals surface area contributed by atoms with Gasteiger partial charge in [0.05, 0.1) is 25.8 Å². The molecule has 0 aliphatic carbocycles. The van der Waals surface area contributed by atoms with Crippen LogP contribution in [-0.2, 0) is 22.7 Å². The highest BCUT2D eigenvalue weighted by atomic mass is 28.3. The summed E-state index contributed by atoms with van der Waals surface area (Å²) in [5.74, 6) is 0.360. The van der Waals surface area contributed by atoms with E-state index in [2.05, 4.69) is 29.6 Å². The van der Waals surface area contributed by atoms with Crippen LogP contribution in [0.3, 0.4) is 0 Å². The maximum atomic E-state index is 13.1. The molecule has 2 aromatic rings. The zero-order valence-electron chi connectivity index (χ0n) is 18.3. The lowest BCUT2D eigenvalue weighted by Crippen LogP contribution is -2.36. The highest BCUT2D eigenvalue weighted by Crippen LogP contribution is 2.27. The first-order valence-corrected chi connectivity index (χ1v) is 13.5. The summed E-state index contributed by atoms with van der Waals surface area (Å²) in [5.41, 5.74) is 1.86. The molecule has 0 saturated heterocycles. The van der Waals surface area contributed by atoms with Crippen molar-refractivity contribution in [2.24, 2.45) is 0 Å². The van der Waals surface area contributed by atoms with Crippen molar-refractivity contribution in [3.63, 3.8) is 0 Å². The minimum absolute atomic E-state index is 0.0692. The van der Waals surface area contributed by atoms with Gasteiger partial charge in [0.2, 0.25) is 5.88 Å².